The number of aliphatic hydroxyl groups excluding tert-OH is 1. The second kappa shape index (κ2) is 8.45. The van der Waals surface area contributed by atoms with E-state index in [4.69, 9.17) is 13.9 Å². The molecule has 0 unspecified atom stereocenters. The van der Waals surface area contributed by atoms with Gasteiger partial charge >= 0.3 is 5.97 Å². The van der Waals surface area contributed by atoms with E-state index < -0.39 is 32.5 Å². The zero-order chi connectivity index (χ0) is 22.0. The lowest BCUT2D eigenvalue weighted by Gasteiger charge is -2.44. The number of ether oxygens (including phenoxy) is 2. The summed E-state index contributed by atoms with van der Waals surface area (Å²) < 4.78 is 16.7. The van der Waals surface area contributed by atoms with Gasteiger partial charge < -0.3 is 23.9 Å². The number of benzene rings is 1. The van der Waals surface area contributed by atoms with Crippen molar-refractivity contribution in [2.75, 3.05) is 20.8 Å². The molecule has 1 saturated heterocycles. The molecule has 1 fully saturated rings. The van der Waals surface area contributed by atoms with Gasteiger partial charge in [0.1, 0.15) is 5.75 Å². The summed E-state index contributed by atoms with van der Waals surface area (Å²) in [6.07, 6.45) is -0.746. The van der Waals surface area contributed by atoms with Gasteiger partial charge in [0.15, 0.2) is 13.9 Å². The van der Waals surface area contributed by atoms with E-state index in [0.717, 1.165) is 5.56 Å². The molecule has 1 N–H and O–H groups in total. The van der Waals surface area contributed by atoms with Crippen molar-refractivity contribution < 1.29 is 28.6 Å². The third kappa shape index (κ3) is 4.34. The Morgan fingerprint density at radius 1 is 1.24 bits per heavy atom. The van der Waals surface area contributed by atoms with Crippen molar-refractivity contribution in [3.05, 3.63) is 29.8 Å². The lowest BCUT2D eigenvalue weighted by molar-refractivity contribution is -0.165. The van der Waals surface area contributed by atoms with Crippen LogP contribution >= 0.6 is 0 Å². The smallest absolute Gasteiger partial charge is 0.336 e. The highest BCUT2D eigenvalue weighted by atomic mass is 28.4. The third-order valence-corrected chi connectivity index (χ3v) is 10.7. The van der Waals surface area contributed by atoms with Gasteiger partial charge in [-0.05, 0) is 35.8 Å². The maximum atomic E-state index is 13.0. The van der Waals surface area contributed by atoms with Crippen molar-refractivity contribution in [3.8, 4) is 5.75 Å². The maximum Gasteiger partial charge on any atom is 0.336 e. The van der Waals surface area contributed by atoms with E-state index in [-0.39, 0.29) is 23.9 Å². The van der Waals surface area contributed by atoms with Crippen molar-refractivity contribution in [1.29, 1.82) is 0 Å². The van der Waals surface area contributed by atoms with Gasteiger partial charge in [0.05, 0.1) is 33.4 Å². The quantitative estimate of drug-likeness (QED) is 0.536. The predicted octanol–water partition coefficient (Wildman–Crippen LogP) is 2.72. The molecule has 8 heteroatoms. The number of hydrogen-bond acceptors (Lipinski definition) is 6. The summed E-state index contributed by atoms with van der Waals surface area (Å²) in [6.45, 7) is 9.97. The lowest BCUT2D eigenvalue weighted by atomic mass is 9.93. The van der Waals surface area contributed by atoms with Gasteiger partial charge in [0.25, 0.3) is 0 Å². The van der Waals surface area contributed by atoms with Crippen LogP contribution in [0.4, 0.5) is 0 Å². The van der Waals surface area contributed by atoms with Crippen molar-refractivity contribution in [3.63, 3.8) is 0 Å². The summed E-state index contributed by atoms with van der Waals surface area (Å²) in [7, 11) is 0.529. The SMILES string of the molecule is COC(=O)[C@@]1(CO)[C@@H](O[Si](C)(C)C(C)(C)C)CC(=O)N1Cc1ccc(OC)cc1. The van der Waals surface area contributed by atoms with E-state index >= 15 is 0 Å². The minimum Gasteiger partial charge on any atom is -0.497 e. The molecule has 1 aliphatic heterocycles. The number of aliphatic hydroxyl groups is 1. The highest BCUT2D eigenvalue weighted by Gasteiger charge is 2.61. The van der Waals surface area contributed by atoms with Crippen LogP contribution in [0.5, 0.6) is 5.75 Å². The molecule has 29 heavy (non-hydrogen) atoms. The maximum absolute atomic E-state index is 13.0. The summed E-state index contributed by atoms with van der Waals surface area (Å²) in [5, 5.41) is 10.2. The Kier molecular flexibility index (Phi) is 6.81. The van der Waals surface area contributed by atoms with Gasteiger partial charge in [-0.25, -0.2) is 4.79 Å². The lowest BCUT2D eigenvalue weighted by Crippen LogP contribution is -2.63. The molecule has 0 bridgehead atoms. The predicted molar refractivity (Wildman–Crippen MR) is 112 cm³/mol. The fourth-order valence-corrected chi connectivity index (χ4v) is 4.66. The Morgan fingerprint density at radius 2 is 1.83 bits per heavy atom. The summed E-state index contributed by atoms with van der Waals surface area (Å²) in [4.78, 5) is 27.3. The summed E-state index contributed by atoms with van der Waals surface area (Å²) in [6, 6.07) is 7.23. The van der Waals surface area contributed by atoms with E-state index in [2.05, 4.69) is 33.9 Å². The summed E-state index contributed by atoms with van der Waals surface area (Å²) in [5.74, 6) is -0.214. The number of likely N-dealkylation sites (tertiary alicyclic amines) is 1. The van der Waals surface area contributed by atoms with Crippen molar-refractivity contribution in [2.45, 2.75) is 63.5 Å². The van der Waals surface area contributed by atoms with E-state index in [1.807, 2.05) is 12.1 Å². The van der Waals surface area contributed by atoms with Crippen LogP contribution in [0.2, 0.25) is 18.1 Å². The van der Waals surface area contributed by atoms with Gasteiger partial charge in [-0.2, -0.15) is 0 Å². The molecule has 1 aliphatic rings. The molecule has 2 rings (SSSR count). The van der Waals surface area contributed by atoms with Crippen LogP contribution in [-0.4, -0.2) is 62.7 Å². The topological polar surface area (TPSA) is 85.3 Å². The second-order valence-electron chi connectivity index (χ2n) is 8.97. The van der Waals surface area contributed by atoms with E-state index in [0.29, 0.717) is 5.75 Å². The summed E-state index contributed by atoms with van der Waals surface area (Å²) in [5.41, 5.74) is -0.754. The van der Waals surface area contributed by atoms with Gasteiger partial charge in [-0.1, -0.05) is 32.9 Å². The molecule has 1 heterocycles. The van der Waals surface area contributed by atoms with Crippen molar-refractivity contribution in [2.24, 2.45) is 0 Å². The number of carbonyl (C=O) groups excluding carboxylic acids is 2. The zero-order valence-electron chi connectivity index (χ0n) is 18.4. The Labute approximate surface area is 174 Å². The molecule has 1 aromatic carbocycles. The standard InChI is InChI=1S/C21H33NO6Si/c1-20(2,3)29(6,7)28-17-12-18(24)22(21(17,14-23)19(25)27-5)13-15-8-10-16(26-4)11-9-15/h8-11,17,23H,12-14H2,1-7H3/t17-,21+/m0/s1. The molecule has 162 valence electrons. The van der Waals surface area contributed by atoms with Crippen molar-refractivity contribution in [1.82, 2.24) is 4.90 Å². The Hall–Kier alpha value is -1.90. The number of methoxy groups -OCH3 is 2. The first-order valence-electron chi connectivity index (χ1n) is 9.73. The van der Waals surface area contributed by atoms with Crippen LogP contribution in [0.15, 0.2) is 24.3 Å². The van der Waals surface area contributed by atoms with Crippen LogP contribution in [-0.2, 0) is 25.3 Å². The second-order valence-corrected chi connectivity index (χ2v) is 13.7. The number of carbonyl (C=O) groups is 2. The molecule has 1 amide bonds. The minimum absolute atomic E-state index is 0.0261. The van der Waals surface area contributed by atoms with Crippen LogP contribution < -0.4 is 4.74 Å². The zero-order valence-corrected chi connectivity index (χ0v) is 19.4. The summed E-state index contributed by atoms with van der Waals surface area (Å²) >= 11 is 0. The molecule has 0 spiro atoms. The average Bonchev–Trinajstić information content (AvgIpc) is 2.91. The molecule has 0 aromatic heterocycles. The first kappa shape index (κ1) is 23.4. The number of amides is 1. The Morgan fingerprint density at radius 3 is 2.28 bits per heavy atom. The minimum atomic E-state index is -2.31. The van der Waals surface area contributed by atoms with E-state index in [1.165, 1.54) is 12.0 Å². The first-order chi connectivity index (χ1) is 13.4. The number of hydrogen-bond donors (Lipinski definition) is 1. The van der Waals surface area contributed by atoms with Crippen molar-refractivity contribution >= 4 is 20.2 Å². The number of esters is 1. The van der Waals surface area contributed by atoms with Gasteiger partial charge in [-0.3, -0.25) is 4.79 Å². The highest BCUT2D eigenvalue weighted by Crippen LogP contribution is 2.43. The van der Waals surface area contributed by atoms with E-state index in [1.54, 1.807) is 19.2 Å². The molecule has 1 aromatic rings. The normalized spacial score (nSPS) is 22.7. The number of nitrogens with zero attached hydrogens (tertiary/aromatic N) is 1. The Balaban J connectivity index is 2.43. The molecule has 0 saturated carbocycles. The van der Waals surface area contributed by atoms with Crippen LogP contribution in [0, 0.1) is 0 Å². The van der Waals surface area contributed by atoms with Crippen LogP contribution in [0.3, 0.4) is 0 Å². The average molecular weight is 424 g/mol. The third-order valence-electron chi connectivity index (χ3n) is 6.20. The van der Waals surface area contributed by atoms with Gasteiger partial charge in [0, 0.05) is 6.54 Å². The van der Waals surface area contributed by atoms with Gasteiger partial charge in [-0.15, -0.1) is 0 Å². The first-order valence-corrected chi connectivity index (χ1v) is 12.6. The largest absolute Gasteiger partial charge is 0.497 e. The highest BCUT2D eigenvalue weighted by molar-refractivity contribution is 6.74. The molecular formula is C21H33NO6Si. The molecule has 7 nitrogen and oxygen atoms in total. The molecular weight excluding hydrogens is 390 g/mol. The van der Waals surface area contributed by atoms with Gasteiger partial charge in [0.2, 0.25) is 5.91 Å². The number of rotatable bonds is 7. The fourth-order valence-electron chi connectivity index (χ4n) is 3.32. The molecule has 2 atom stereocenters. The Bertz CT molecular complexity index is 743. The monoisotopic (exact) mass is 423 g/mol. The molecule has 0 radical (unpaired) electrons. The molecule has 0 aliphatic carbocycles. The van der Waals surface area contributed by atoms with Crippen LogP contribution in [0.25, 0.3) is 0 Å². The van der Waals surface area contributed by atoms with E-state index in [9.17, 15) is 14.7 Å². The fraction of sp³-hybridized carbons (Fsp3) is 0.619. The van der Waals surface area contributed by atoms with Crippen LogP contribution in [0.1, 0.15) is 32.8 Å².